The van der Waals surface area contributed by atoms with Crippen molar-refractivity contribution in [3.8, 4) is 0 Å². The topological polar surface area (TPSA) is 49.4 Å². The summed E-state index contributed by atoms with van der Waals surface area (Å²) in [4.78, 5) is 25.3. The molecule has 0 aromatic rings. The molecule has 0 bridgehead atoms. The molecule has 2 heterocycles. The lowest BCUT2D eigenvalue weighted by Crippen LogP contribution is -2.46. The van der Waals surface area contributed by atoms with Crippen LogP contribution in [0, 0.1) is 5.92 Å². The van der Waals surface area contributed by atoms with Crippen molar-refractivity contribution < 1.29 is 9.59 Å². The maximum absolute atomic E-state index is 11.8. The van der Waals surface area contributed by atoms with E-state index in [2.05, 4.69) is 5.32 Å². The van der Waals surface area contributed by atoms with Crippen molar-refractivity contribution in [2.45, 2.75) is 31.7 Å². The molecular formula is C11H17ClN2O2. The van der Waals surface area contributed by atoms with E-state index in [0.29, 0.717) is 18.8 Å². The molecule has 2 amide bonds. The number of hydrogen-bond acceptors (Lipinski definition) is 2. The molecule has 4 nitrogen and oxygen atoms in total. The average molecular weight is 245 g/mol. The number of rotatable bonds is 2. The lowest BCUT2D eigenvalue weighted by molar-refractivity contribution is -0.137. The van der Waals surface area contributed by atoms with E-state index in [-0.39, 0.29) is 23.8 Å². The van der Waals surface area contributed by atoms with Crippen LogP contribution in [0.5, 0.6) is 0 Å². The minimum absolute atomic E-state index is 0.000993. The van der Waals surface area contributed by atoms with Gasteiger partial charge in [0, 0.05) is 25.4 Å². The van der Waals surface area contributed by atoms with E-state index in [9.17, 15) is 9.59 Å². The first-order chi connectivity index (χ1) is 7.72. The third-order valence-corrected chi connectivity index (χ3v) is 3.78. The van der Waals surface area contributed by atoms with Gasteiger partial charge in [-0.2, -0.15) is 0 Å². The molecule has 0 aromatic heterocycles. The van der Waals surface area contributed by atoms with Crippen LogP contribution in [0.25, 0.3) is 0 Å². The molecular weight excluding hydrogens is 228 g/mol. The lowest BCUT2D eigenvalue weighted by Gasteiger charge is -2.25. The Morgan fingerprint density at radius 2 is 2.19 bits per heavy atom. The van der Waals surface area contributed by atoms with Crippen LogP contribution < -0.4 is 5.32 Å². The fourth-order valence-electron chi connectivity index (χ4n) is 2.43. The zero-order chi connectivity index (χ0) is 11.5. The number of hydrogen-bond donors (Lipinski definition) is 1. The summed E-state index contributed by atoms with van der Waals surface area (Å²) in [5, 5.41) is 2.86. The molecule has 2 aliphatic rings. The Morgan fingerprint density at radius 1 is 1.38 bits per heavy atom. The van der Waals surface area contributed by atoms with Crippen LogP contribution >= 0.6 is 11.6 Å². The number of likely N-dealkylation sites (tertiary alicyclic amines) is 1. The average Bonchev–Trinajstić information content (AvgIpc) is 2.51. The van der Waals surface area contributed by atoms with E-state index >= 15 is 0 Å². The predicted molar refractivity (Wildman–Crippen MR) is 61.2 cm³/mol. The molecule has 0 saturated carbocycles. The van der Waals surface area contributed by atoms with Crippen molar-refractivity contribution in [3.63, 3.8) is 0 Å². The molecule has 2 fully saturated rings. The lowest BCUT2D eigenvalue weighted by atomic mass is 10.1. The van der Waals surface area contributed by atoms with E-state index in [4.69, 9.17) is 11.6 Å². The summed E-state index contributed by atoms with van der Waals surface area (Å²) in [6.07, 6.45) is 3.28. The van der Waals surface area contributed by atoms with Gasteiger partial charge in [-0.15, -0.1) is 11.6 Å². The van der Waals surface area contributed by atoms with Gasteiger partial charge in [0.15, 0.2) is 0 Å². The number of nitrogens with zero attached hydrogens (tertiary/aromatic N) is 1. The summed E-state index contributed by atoms with van der Waals surface area (Å²) in [7, 11) is 0. The van der Waals surface area contributed by atoms with Crippen LogP contribution in [0.2, 0.25) is 0 Å². The van der Waals surface area contributed by atoms with Crippen molar-refractivity contribution in [1.82, 2.24) is 10.2 Å². The second-order valence-electron chi connectivity index (χ2n) is 4.57. The summed E-state index contributed by atoms with van der Waals surface area (Å²) < 4.78 is 0. The molecule has 2 rings (SSSR count). The minimum atomic E-state index is -0.261. The first-order valence-corrected chi connectivity index (χ1v) is 6.39. The minimum Gasteiger partial charge on any atom is -0.354 e. The number of halogens is 1. The first-order valence-electron chi connectivity index (χ1n) is 5.85. The van der Waals surface area contributed by atoms with Crippen molar-refractivity contribution in [3.05, 3.63) is 0 Å². The monoisotopic (exact) mass is 244 g/mol. The predicted octanol–water partition coefficient (Wildman–Crippen LogP) is 0.742. The molecule has 0 aromatic carbocycles. The highest BCUT2D eigenvalue weighted by molar-refractivity contribution is 6.18. The summed E-state index contributed by atoms with van der Waals surface area (Å²) in [5.74, 6) is 0.787. The van der Waals surface area contributed by atoms with Crippen molar-refractivity contribution in [1.29, 1.82) is 0 Å². The smallest absolute Gasteiger partial charge is 0.242 e. The van der Waals surface area contributed by atoms with Crippen molar-refractivity contribution in [2.75, 3.05) is 19.0 Å². The van der Waals surface area contributed by atoms with Crippen molar-refractivity contribution in [2.24, 2.45) is 5.92 Å². The van der Waals surface area contributed by atoms with Crippen molar-refractivity contribution >= 4 is 23.4 Å². The van der Waals surface area contributed by atoms with E-state index < -0.39 is 0 Å². The van der Waals surface area contributed by atoms with Crippen LogP contribution in [-0.4, -0.2) is 41.7 Å². The molecule has 2 saturated heterocycles. The molecule has 2 atom stereocenters. The van der Waals surface area contributed by atoms with E-state index in [1.54, 1.807) is 4.90 Å². The second-order valence-corrected chi connectivity index (χ2v) is 4.88. The normalized spacial score (nSPS) is 31.4. The van der Waals surface area contributed by atoms with Gasteiger partial charge in [0.1, 0.15) is 6.04 Å². The Kier molecular flexibility index (Phi) is 3.69. The van der Waals surface area contributed by atoms with Gasteiger partial charge >= 0.3 is 0 Å². The van der Waals surface area contributed by atoms with Gasteiger partial charge < -0.3 is 10.2 Å². The first kappa shape index (κ1) is 11.7. The zero-order valence-electron chi connectivity index (χ0n) is 9.25. The summed E-state index contributed by atoms with van der Waals surface area (Å²) in [6.45, 7) is 1.37. The van der Waals surface area contributed by atoms with E-state index in [0.717, 1.165) is 25.8 Å². The van der Waals surface area contributed by atoms with Crippen LogP contribution in [0.15, 0.2) is 0 Å². The van der Waals surface area contributed by atoms with E-state index in [1.807, 2.05) is 0 Å². The Morgan fingerprint density at radius 3 is 2.88 bits per heavy atom. The summed E-state index contributed by atoms with van der Waals surface area (Å²) >= 11 is 5.77. The Bertz CT molecular complexity index is 296. The Hall–Kier alpha value is -0.770. The molecule has 16 heavy (non-hydrogen) atoms. The summed E-state index contributed by atoms with van der Waals surface area (Å²) in [6, 6.07) is -0.261. The summed E-state index contributed by atoms with van der Waals surface area (Å²) in [5.41, 5.74) is 0. The fraction of sp³-hybridized carbons (Fsp3) is 0.818. The largest absolute Gasteiger partial charge is 0.354 e. The maximum atomic E-state index is 11.8. The van der Waals surface area contributed by atoms with Crippen LogP contribution in [0.3, 0.4) is 0 Å². The number of amides is 2. The fourth-order valence-corrected chi connectivity index (χ4v) is 2.64. The molecule has 0 aliphatic carbocycles. The number of alkyl halides is 1. The number of carbonyl (C=O) groups excluding carboxylic acids is 2. The molecule has 90 valence electrons. The third kappa shape index (κ3) is 2.32. The van der Waals surface area contributed by atoms with Gasteiger partial charge in [-0.1, -0.05) is 0 Å². The van der Waals surface area contributed by atoms with Gasteiger partial charge in [0.25, 0.3) is 0 Å². The Labute approximate surface area is 100 Å². The molecule has 2 aliphatic heterocycles. The van der Waals surface area contributed by atoms with Crippen LogP contribution in [-0.2, 0) is 9.59 Å². The SMILES string of the molecule is O=C1NCCCCC1N1CC(CCl)CC1=O. The van der Waals surface area contributed by atoms with Gasteiger partial charge in [-0.05, 0) is 25.2 Å². The van der Waals surface area contributed by atoms with Gasteiger partial charge in [-0.3, -0.25) is 9.59 Å². The van der Waals surface area contributed by atoms with Gasteiger partial charge in [0.2, 0.25) is 11.8 Å². The second kappa shape index (κ2) is 5.04. The maximum Gasteiger partial charge on any atom is 0.242 e. The molecule has 0 radical (unpaired) electrons. The molecule has 5 heteroatoms. The molecule has 1 N–H and O–H groups in total. The third-order valence-electron chi connectivity index (χ3n) is 3.34. The number of nitrogens with one attached hydrogen (secondary N) is 1. The standard InChI is InChI=1S/C11H17ClN2O2/c12-6-8-5-10(15)14(7-8)9-3-1-2-4-13-11(9)16/h8-9H,1-7H2,(H,13,16). The highest BCUT2D eigenvalue weighted by Gasteiger charge is 2.37. The van der Waals surface area contributed by atoms with E-state index in [1.165, 1.54) is 0 Å². The highest BCUT2D eigenvalue weighted by atomic mass is 35.5. The molecule has 0 spiro atoms. The van der Waals surface area contributed by atoms with Gasteiger partial charge in [-0.25, -0.2) is 0 Å². The quantitative estimate of drug-likeness (QED) is 0.729. The Balaban J connectivity index is 2.05. The highest BCUT2D eigenvalue weighted by Crippen LogP contribution is 2.24. The zero-order valence-corrected chi connectivity index (χ0v) is 10.0. The van der Waals surface area contributed by atoms with Crippen LogP contribution in [0.4, 0.5) is 0 Å². The van der Waals surface area contributed by atoms with Gasteiger partial charge in [0.05, 0.1) is 0 Å². The number of carbonyl (C=O) groups is 2. The van der Waals surface area contributed by atoms with Crippen LogP contribution in [0.1, 0.15) is 25.7 Å². The molecule has 2 unspecified atom stereocenters.